The van der Waals surface area contributed by atoms with Gasteiger partial charge in [-0.25, -0.2) is 4.68 Å². The first-order valence-corrected chi connectivity index (χ1v) is 8.15. The molecule has 2 unspecified atom stereocenters. The van der Waals surface area contributed by atoms with Crippen LogP contribution in [0.4, 0.5) is 0 Å². The van der Waals surface area contributed by atoms with E-state index in [2.05, 4.69) is 41.2 Å². The molecule has 1 fully saturated rings. The summed E-state index contributed by atoms with van der Waals surface area (Å²) < 4.78 is 2.03. The maximum Gasteiger partial charge on any atom is 0.0767 e. The molecule has 0 spiro atoms. The van der Waals surface area contributed by atoms with E-state index in [9.17, 15) is 0 Å². The average molecular weight is 268 g/mol. The van der Waals surface area contributed by atoms with E-state index in [1.54, 1.807) is 0 Å². The SMILES string of the molecule is CCCNC(c1cnnn1CC)C1CCCCS1. The molecule has 102 valence electrons. The minimum atomic E-state index is 0.408. The van der Waals surface area contributed by atoms with Crippen LogP contribution in [0.25, 0.3) is 0 Å². The van der Waals surface area contributed by atoms with E-state index in [-0.39, 0.29) is 0 Å². The zero-order chi connectivity index (χ0) is 12.8. The van der Waals surface area contributed by atoms with Gasteiger partial charge in [-0.05, 0) is 38.5 Å². The zero-order valence-electron chi connectivity index (χ0n) is 11.4. The molecular formula is C13H24N4S. The molecule has 5 heteroatoms. The molecule has 2 rings (SSSR count). The van der Waals surface area contributed by atoms with Crippen molar-refractivity contribution in [2.24, 2.45) is 0 Å². The molecule has 1 aliphatic rings. The summed E-state index contributed by atoms with van der Waals surface area (Å²) in [4.78, 5) is 0. The number of hydrogen-bond acceptors (Lipinski definition) is 4. The molecule has 0 aromatic carbocycles. The molecule has 0 aliphatic carbocycles. The number of rotatable bonds is 6. The largest absolute Gasteiger partial charge is 0.308 e. The molecule has 1 N–H and O–H groups in total. The summed E-state index contributed by atoms with van der Waals surface area (Å²) >= 11 is 2.11. The molecule has 4 nitrogen and oxygen atoms in total. The Bertz CT molecular complexity index is 347. The highest BCUT2D eigenvalue weighted by Crippen LogP contribution is 2.34. The second-order valence-electron chi connectivity index (χ2n) is 4.81. The number of aromatic nitrogens is 3. The standard InChI is InChI=1S/C13H24N4S/c1-3-8-14-13(12-7-5-6-9-18-12)11-10-15-16-17(11)4-2/h10,12-14H,3-9H2,1-2H3. The van der Waals surface area contributed by atoms with Crippen LogP contribution in [0.3, 0.4) is 0 Å². The summed E-state index contributed by atoms with van der Waals surface area (Å²) in [6.07, 6.45) is 7.14. The van der Waals surface area contributed by atoms with Crippen LogP contribution >= 0.6 is 11.8 Å². The Labute approximate surface area is 114 Å². The third kappa shape index (κ3) is 3.26. The number of thioether (sulfide) groups is 1. The molecule has 1 aliphatic heterocycles. The number of nitrogens with one attached hydrogen (secondary N) is 1. The lowest BCUT2D eigenvalue weighted by Crippen LogP contribution is -2.34. The van der Waals surface area contributed by atoms with Gasteiger partial charge >= 0.3 is 0 Å². The Morgan fingerprint density at radius 2 is 2.39 bits per heavy atom. The molecule has 0 radical (unpaired) electrons. The lowest BCUT2D eigenvalue weighted by atomic mass is 10.0. The molecule has 0 amide bonds. The van der Waals surface area contributed by atoms with Crippen molar-refractivity contribution >= 4 is 11.8 Å². The Morgan fingerprint density at radius 3 is 3.06 bits per heavy atom. The van der Waals surface area contributed by atoms with E-state index in [1.807, 2.05) is 10.9 Å². The normalized spacial score (nSPS) is 22.0. The van der Waals surface area contributed by atoms with Crippen LogP contribution in [0.2, 0.25) is 0 Å². The van der Waals surface area contributed by atoms with Crippen molar-refractivity contribution in [3.05, 3.63) is 11.9 Å². The highest BCUT2D eigenvalue weighted by Gasteiger charge is 2.27. The highest BCUT2D eigenvalue weighted by molar-refractivity contribution is 8.00. The van der Waals surface area contributed by atoms with Gasteiger partial charge in [-0.1, -0.05) is 18.6 Å². The third-order valence-corrected chi connectivity index (χ3v) is 4.93. The van der Waals surface area contributed by atoms with Gasteiger partial charge in [0.05, 0.1) is 17.9 Å². The van der Waals surface area contributed by atoms with Crippen LogP contribution in [-0.4, -0.2) is 32.5 Å². The van der Waals surface area contributed by atoms with Crippen LogP contribution in [0, 0.1) is 0 Å². The van der Waals surface area contributed by atoms with Crippen molar-refractivity contribution < 1.29 is 0 Å². The Morgan fingerprint density at radius 1 is 1.50 bits per heavy atom. The fraction of sp³-hybridized carbons (Fsp3) is 0.846. The van der Waals surface area contributed by atoms with Gasteiger partial charge in [0.25, 0.3) is 0 Å². The van der Waals surface area contributed by atoms with Crippen molar-refractivity contribution in [3.8, 4) is 0 Å². The minimum absolute atomic E-state index is 0.408. The second-order valence-corrected chi connectivity index (χ2v) is 6.16. The van der Waals surface area contributed by atoms with E-state index >= 15 is 0 Å². The van der Waals surface area contributed by atoms with Gasteiger partial charge in [0, 0.05) is 11.8 Å². The molecule has 2 atom stereocenters. The van der Waals surface area contributed by atoms with Gasteiger partial charge in [0.15, 0.2) is 0 Å². The van der Waals surface area contributed by atoms with Gasteiger partial charge in [-0.3, -0.25) is 0 Å². The van der Waals surface area contributed by atoms with Crippen LogP contribution < -0.4 is 5.32 Å². The first-order chi connectivity index (χ1) is 8.86. The molecule has 2 heterocycles. The van der Waals surface area contributed by atoms with Gasteiger partial charge in [-0.15, -0.1) is 5.10 Å². The molecule has 0 saturated carbocycles. The van der Waals surface area contributed by atoms with Gasteiger partial charge < -0.3 is 5.32 Å². The molecule has 1 aromatic rings. The molecule has 1 saturated heterocycles. The summed E-state index contributed by atoms with van der Waals surface area (Å²) in [5, 5.41) is 12.6. The van der Waals surface area contributed by atoms with Crippen molar-refractivity contribution in [1.82, 2.24) is 20.3 Å². The quantitative estimate of drug-likeness (QED) is 0.861. The summed E-state index contributed by atoms with van der Waals surface area (Å²) in [6.45, 7) is 6.31. The maximum atomic E-state index is 4.18. The van der Waals surface area contributed by atoms with Crippen molar-refractivity contribution in [2.45, 2.75) is 57.4 Å². The molecule has 18 heavy (non-hydrogen) atoms. The minimum Gasteiger partial charge on any atom is -0.308 e. The average Bonchev–Trinajstić information content (AvgIpc) is 2.89. The van der Waals surface area contributed by atoms with Crippen LogP contribution in [0.5, 0.6) is 0 Å². The topological polar surface area (TPSA) is 42.7 Å². The van der Waals surface area contributed by atoms with E-state index in [4.69, 9.17) is 0 Å². The lowest BCUT2D eigenvalue weighted by molar-refractivity contribution is 0.443. The molecular weight excluding hydrogens is 244 g/mol. The van der Waals surface area contributed by atoms with Crippen LogP contribution in [0.15, 0.2) is 6.20 Å². The summed E-state index contributed by atoms with van der Waals surface area (Å²) in [5.74, 6) is 1.29. The first-order valence-electron chi connectivity index (χ1n) is 7.10. The fourth-order valence-corrected chi connectivity index (χ4v) is 3.94. The van der Waals surface area contributed by atoms with E-state index in [1.165, 1.54) is 37.1 Å². The zero-order valence-corrected chi connectivity index (χ0v) is 12.2. The predicted octanol–water partition coefficient (Wildman–Crippen LogP) is 2.62. The molecule has 0 bridgehead atoms. The van der Waals surface area contributed by atoms with E-state index in [0.29, 0.717) is 11.3 Å². The van der Waals surface area contributed by atoms with E-state index < -0.39 is 0 Å². The molecule has 1 aromatic heterocycles. The maximum absolute atomic E-state index is 4.18. The van der Waals surface area contributed by atoms with Crippen LogP contribution in [0.1, 0.15) is 51.3 Å². The predicted molar refractivity (Wildman–Crippen MR) is 76.8 cm³/mol. The van der Waals surface area contributed by atoms with E-state index in [0.717, 1.165) is 13.1 Å². The number of hydrogen-bond donors (Lipinski definition) is 1. The van der Waals surface area contributed by atoms with Crippen molar-refractivity contribution in [3.63, 3.8) is 0 Å². The Balaban J connectivity index is 2.12. The summed E-state index contributed by atoms with van der Waals surface area (Å²) in [5.41, 5.74) is 1.25. The Kier molecular flexibility index (Phi) is 5.50. The van der Waals surface area contributed by atoms with Crippen molar-refractivity contribution in [2.75, 3.05) is 12.3 Å². The van der Waals surface area contributed by atoms with Gasteiger partial charge in [-0.2, -0.15) is 11.8 Å². The third-order valence-electron chi connectivity index (χ3n) is 3.47. The van der Waals surface area contributed by atoms with Crippen molar-refractivity contribution in [1.29, 1.82) is 0 Å². The van der Waals surface area contributed by atoms with Gasteiger partial charge in [0.2, 0.25) is 0 Å². The van der Waals surface area contributed by atoms with Gasteiger partial charge in [0.1, 0.15) is 0 Å². The Hall–Kier alpha value is -0.550. The first kappa shape index (κ1) is 13.9. The second kappa shape index (κ2) is 7.14. The van der Waals surface area contributed by atoms with Crippen LogP contribution in [-0.2, 0) is 6.54 Å². The number of nitrogens with zero attached hydrogens (tertiary/aromatic N) is 3. The summed E-state index contributed by atoms with van der Waals surface area (Å²) in [6, 6.07) is 0.408. The summed E-state index contributed by atoms with van der Waals surface area (Å²) in [7, 11) is 0. The smallest absolute Gasteiger partial charge is 0.0767 e. The monoisotopic (exact) mass is 268 g/mol. The number of aryl methyl sites for hydroxylation is 1. The highest BCUT2D eigenvalue weighted by atomic mass is 32.2. The lowest BCUT2D eigenvalue weighted by Gasteiger charge is -2.30. The fourth-order valence-electron chi connectivity index (χ4n) is 2.51.